The highest BCUT2D eigenvalue weighted by Crippen LogP contribution is 2.24. The van der Waals surface area contributed by atoms with Crippen LogP contribution >= 0.6 is 12.6 Å². The largest absolute Gasteiger partial charge is 0.320 e. The fraction of sp³-hybridized carbons (Fsp3) is 1.00. The number of thiol groups is 1. The van der Waals surface area contributed by atoms with Gasteiger partial charge in [0.25, 0.3) is 0 Å². The highest BCUT2D eigenvalue weighted by atomic mass is 32.1. The van der Waals surface area contributed by atoms with Gasteiger partial charge in [0.2, 0.25) is 0 Å². The van der Waals surface area contributed by atoms with Gasteiger partial charge in [-0.25, -0.2) is 0 Å². The van der Waals surface area contributed by atoms with E-state index in [-0.39, 0.29) is 16.6 Å². The minimum absolute atomic E-state index is 0.0237. The molecule has 1 heterocycles. The summed E-state index contributed by atoms with van der Waals surface area (Å²) in [5.41, 5.74) is 0.114. The lowest BCUT2D eigenvalue weighted by Gasteiger charge is -2.24. The van der Waals surface area contributed by atoms with Gasteiger partial charge in [-0.3, -0.25) is 10.6 Å². The maximum atomic E-state index is 4.41. The smallest absolute Gasteiger partial charge is 0.0695 e. The summed E-state index contributed by atoms with van der Waals surface area (Å²) in [6, 6.07) is 0. The van der Waals surface area contributed by atoms with Gasteiger partial charge in [0, 0.05) is 5.54 Å². The highest BCUT2D eigenvalue weighted by molar-refractivity contribution is 7.81. The molecule has 3 nitrogen and oxygen atoms in total. The first-order valence-electron chi connectivity index (χ1n) is 5.15. The third-order valence-corrected chi connectivity index (χ3v) is 2.94. The van der Waals surface area contributed by atoms with Crippen LogP contribution in [0.3, 0.4) is 0 Å². The van der Waals surface area contributed by atoms with E-state index in [1.54, 1.807) is 0 Å². The van der Waals surface area contributed by atoms with E-state index in [1.807, 2.05) is 7.05 Å². The zero-order valence-corrected chi connectivity index (χ0v) is 11.1. The lowest BCUT2D eigenvalue weighted by molar-refractivity contribution is 0.357. The molecule has 0 aliphatic carbocycles. The number of hydrogen-bond acceptors (Lipinski definition) is 4. The molecule has 86 valence electrons. The molecule has 0 amide bonds. The average molecular weight is 219 g/mol. The third-order valence-electron chi connectivity index (χ3n) is 2.17. The molecule has 0 bridgehead atoms. The second kappa shape index (κ2) is 5.35. The Morgan fingerprint density at radius 3 is 1.79 bits per heavy atom. The van der Waals surface area contributed by atoms with Gasteiger partial charge in [0.1, 0.15) is 0 Å². The molecule has 14 heavy (non-hydrogen) atoms. The molecule has 0 spiro atoms. The van der Waals surface area contributed by atoms with E-state index in [2.05, 4.69) is 63.2 Å². The van der Waals surface area contributed by atoms with Crippen molar-refractivity contribution in [1.29, 1.82) is 0 Å². The topological polar surface area (TPSA) is 36.1 Å². The molecule has 0 aromatic heterocycles. The number of hydrogen-bond donors (Lipinski definition) is 4. The van der Waals surface area contributed by atoms with Crippen LogP contribution in [0.15, 0.2) is 0 Å². The zero-order valence-electron chi connectivity index (χ0n) is 10.2. The lowest BCUT2D eigenvalue weighted by atomic mass is 10.1. The summed E-state index contributed by atoms with van der Waals surface area (Å²) in [4.78, 5) is 0. The van der Waals surface area contributed by atoms with Gasteiger partial charge in [-0.1, -0.05) is 6.92 Å². The van der Waals surface area contributed by atoms with Crippen molar-refractivity contribution in [2.24, 2.45) is 0 Å². The van der Waals surface area contributed by atoms with Crippen molar-refractivity contribution in [3.63, 3.8) is 0 Å². The van der Waals surface area contributed by atoms with Crippen LogP contribution in [0.5, 0.6) is 0 Å². The Bertz CT molecular complexity index is 167. The molecular formula is C10H25N3S. The summed E-state index contributed by atoms with van der Waals surface area (Å²) in [5.74, 6) is 0. The van der Waals surface area contributed by atoms with Crippen LogP contribution in [0, 0.1) is 0 Å². The predicted molar refractivity (Wildman–Crippen MR) is 66.8 cm³/mol. The molecule has 0 aromatic rings. The summed E-state index contributed by atoms with van der Waals surface area (Å²) in [5, 5.41) is 9.94. The van der Waals surface area contributed by atoms with Crippen LogP contribution in [0.4, 0.5) is 0 Å². The van der Waals surface area contributed by atoms with Gasteiger partial charge in [0.15, 0.2) is 0 Å². The maximum absolute atomic E-state index is 4.41. The van der Waals surface area contributed by atoms with Crippen molar-refractivity contribution in [1.82, 2.24) is 16.0 Å². The van der Waals surface area contributed by atoms with Crippen molar-refractivity contribution < 1.29 is 0 Å². The first kappa shape index (κ1) is 14.2. The van der Waals surface area contributed by atoms with Crippen molar-refractivity contribution in [3.05, 3.63) is 0 Å². The van der Waals surface area contributed by atoms with Crippen LogP contribution in [0.2, 0.25) is 0 Å². The highest BCUT2D eigenvalue weighted by Gasteiger charge is 2.41. The first-order valence-corrected chi connectivity index (χ1v) is 5.66. The van der Waals surface area contributed by atoms with E-state index in [9.17, 15) is 0 Å². The van der Waals surface area contributed by atoms with Gasteiger partial charge in [-0.2, -0.15) is 12.6 Å². The summed E-state index contributed by atoms with van der Waals surface area (Å²) < 4.78 is 0. The molecule has 1 fully saturated rings. The Kier molecular flexibility index (Phi) is 5.44. The summed E-state index contributed by atoms with van der Waals surface area (Å²) in [6.45, 7) is 11.7. The molecule has 0 saturated carbocycles. The molecule has 0 radical (unpaired) electrons. The van der Waals surface area contributed by atoms with Gasteiger partial charge < -0.3 is 5.32 Å². The molecule has 1 aliphatic rings. The summed E-state index contributed by atoms with van der Waals surface area (Å²) in [6.07, 6.45) is 0. The van der Waals surface area contributed by atoms with Crippen molar-refractivity contribution >= 4 is 12.6 Å². The van der Waals surface area contributed by atoms with E-state index >= 15 is 0 Å². The monoisotopic (exact) mass is 219 g/mol. The molecule has 1 rings (SSSR count). The Morgan fingerprint density at radius 2 is 1.71 bits per heavy atom. The minimum Gasteiger partial charge on any atom is -0.320 e. The van der Waals surface area contributed by atoms with E-state index in [0.29, 0.717) is 0 Å². The molecule has 4 heteroatoms. The number of nitrogens with one attached hydrogen (secondary N) is 3. The Labute approximate surface area is 93.8 Å². The first-order chi connectivity index (χ1) is 6.25. The van der Waals surface area contributed by atoms with E-state index in [4.69, 9.17) is 0 Å². The Hall–Kier alpha value is 0.230. The summed E-state index contributed by atoms with van der Waals surface area (Å²) in [7, 11) is 1.93. The van der Waals surface area contributed by atoms with Gasteiger partial charge in [-0.05, 0) is 41.3 Å². The second-order valence-electron chi connectivity index (χ2n) is 4.73. The van der Waals surface area contributed by atoms with Gasteiger partial charge in [-0.15, -0.1) is 0 Å². The van der Waals surface area contributed by atoms with Crippen molar-refractivity contribution in [3.8, 4) is 0 Å². The fourth-order valence-corrected chi connectivity index (χ4v) is 1.82. The number of rotatable bonds is 1. The zero-order chi connectivity index (χ0) is 11.4. The Balaban J connectivity index is 0.000000364. The lowest BCUT2D eigenvalue weighted by Crippen LogP contribution is -2.46. The van der Waals surface area contributed by atoms with E-state index in [0.717, 1.165) is 6.54 Å². The van der Waals surface area contributed by atoms with Crippen LogP contribution in [-0.2, 0) is 0 Å². The molecule has 1 aliphatic heterocycles. The van der Waals surface area contributed by atoms with Crippen LogP contribution in [0.25, 0.3) is 0 Å². The van der Waals surface area contributed by atoms with Crippen molar-refractivity contribution in [2.45, 2.75) is 51.2 Å². The van der Waals surface area contributed by atoms with Crippen LogP contribution in [-0.4, -0.2) is 30.2 Å². The van der Waals surface area contributed by atoms with Crippen LogP contribution in [0.1, 0.15) is 34.6 Å². The predicted octanol–water partition coefficient (Wildman–Crippen LogP) is 1.18. The molecule has 3 N–H and O–H groups in total. The van der Waals surface area contributed by atoms with Gasteiger partial charge >= 0.3 is 0 Å². The summed E-state index contributed by atoms with van der Waals surface area (Å²) >= 11 is 4.41. The normalized spacial score (nSPS) is 28.1. The third kappa shape index (κ3) is 4.64. The van der Waals surface area contributed by atoms with E-state index in [1.165, 1.54) is 0 Å². The van der Waals surface area contributed by atoms with Crippen LogP contribution < -0.4 is 16.0 Å². The maximum Gasteiger partial charge on any atom is 0.0695 e. The second-order valence-corrected chi connectivity index (χ2v) is 5.24. The molecule has 0 aromatic carbocycles. The SMILES string of the molecule is CC1(C)NC(S)C(C)(C)N1.CCNC. The van der Waals surface area contributed by atoms with Crippen molar-refractivity contribution in [2.75, 3.05) is 13.6 Å². The minimum atomic E-state index is 0.0237. The average Bonchev–Trinajstić information content (AvgIpc) is 2.19. The molecule has 1 unspecified atom stereocenters. The standard InChI is InChI=1S/C7H16N2S.C3H9N/c1-6(2)5(10)8-7(3,4)9-6;1-3-4-2/h5,8-10H,1-4H3;4H,3H2,1-2H3. The molecule has 1 atom stereocenters. The van der Waals surface area contributed by atoms with E-state index < -0.39 is 0 Å². The van der Waals surface area contributed by atoms with Gasteiger partial charge in [0.05, 0.1) is 11.0 Å². The quantitative estimate of drug-likeness (QED) is 0.500. The Morgan fingerprint density at radius 1 is 1.29 bits per heavy atom. The molecule has 1 saturated heterocycles. The molecular weight excluding hydrogens is 194 g/mol. The fourth-order valence-electron chi connectivity index (χ4n) is 1.43.